The van der Waals surface area contributed by atoms with E-state index < -0.39 is 52.9 Å². The molecule has 0 spiro atoms. The van der Waals surface area contributed by atoms with Gasteiger partial charge < -0.3 is 39.0 Å². The molecular weight excluding hydrogens is 628 g/mol. The van der Waals surface area contributed by atoms with Crippen LogP contribution < -0.4 is 4.74 Å². The van der Waals surface area contributed by atoms with Crippen molar-refractivity contribution in [3.05, 3.63) is 72.8 Å². The summed E-state index contributed by atoms with van der Waals surface area (Å²) in [6, 6.07) is 17.5. The summed E-state index contributed by atoms with van der Waals surface area (Å²) < 4.78 is 31.8. The van der Waals surface area contributed by atoms with Crippen molar-refractivity contribution in [3.63, 3.8) is 0 Å². The molecule has 13 atom stereocenters. The van der Waals surface area contributed by atoms with E-state index in [-0.39, 0.29) is 29.8 Å². The van der Waals surface area contributed by atoms with Crippen LogP contribution in [0.2, 0.25) is 0 Å². The maximum atomic E-state index is 12.9. The monoisotopic (exact) mass is 686 g/mol. The van der Waals surface area contributed by atoms with Crippen molar-refractivity contribution in [2.75, 3.05) is 7.11 Å². The van der Waals surface area contributed by atoms with Gasteiger partial charge in [-0.1, -0.05) is 71.0 Å². The Morgan fingerprint density at radius 1 is 0.917 bits per heavy atom. The molecular formula is C39H58O8S. The molecule has 1 unspecified atom stereocenters. The fraction of sp³-hybridized carbons (Fsp3) is 0.641. The Bertz CT molecular complexity index is 1320. The molecule has 2 aromatic carbocycles. The van der Waals surface area contributed by atoms with Crippen LogP contribution >= 0.6 is 11.8 Å². The van der Waals surface area contributed by atoms with Gasteiger partial charge in [0.1, 0.15) is 17.0 Å². The van der Waals surface area contributed by atoms with Crippen LogP contribution in [0.1, 0.15) is 80.6 Å². The van der Waals surface area contributed by atoms with Crippen LogP contribution in [0.4, 0.5) is 0 Å². The number of thioether (sulfide) groups is 1. The molecule has 4 rings (SSSR count). The zero-order valence-corrected chi connectivity index (χ0v) is 31.1. The number of methoxy groups -OCH3 is 1. The fourth-order valence-corrected chi connectivity index (χ4v) is 9.03. The van der Waals surface area contributed by atoms with E-state index in [1.165, 1.54) is 0 Å². The summed E-state index contributed by atoms with van der Waals surface area (Å²) in [6.07, 6.45) is -1.68. The first-order valence-electron chi connectivity index (χ1n) is 17.3. The average molecular weight is 687 g/mol. The third kappa shape index (κ3) is 8.16. The molecule has 2 aromatic rings. The summed E-state index contributed by atoms with van der Waals surface area (Å²) in [5.41, 5.74) is -2.19. The Kier molecular flexibility index (Phi) is 12.6. The molecule has 2 aliphatic heterocycles. The lowest BCUT2D eigenvalue weighted by Gasteiger charge is -2.55. The first-order valence-corrected chi connectivity index (χ1v) is 18.1. The van der Waals surface area contributed by atoms with Gasteiger partial charge in [-0.2, -0.15) is 0 Å². The zero-order valence-electron chi connectivity index (χ0n) is 30.3. The minimum absolute atomic E-state index is 0.0382. The van der Waals surface area contributed by atoms with Crippen LogP contribution in [0.5, 0.6) is 5.75 Å². The average Bonchev–Trinajstić information content (AvgIpc) is 3.07. The second-order valence-corrected chi connectivity index (χ2v) is 15.9. The molecule has 0 radical (unpaired) electrons. The summed E-state index contributed by atoms with van der Waals surface area (Å²) in [4.78, 5) is 1.00. The van der Waals surface area contributed by atoms with Gasteiger partial charge in [0.05, 0.1) is 37.6 Å². The van der Waals surface area contributed by atoms with Crippen LogP contribution in [0.3, 0.4) is 0 Å². The molecule has 2 saturated heterocycles. The summed E-state index contributed by atoms with van der Waals surface area (Å²) in [5, 5.41) is 35.3. The number of hydrogen-bond acceptors (Lipinski definition) is 9. The third-order valence-corrected chi connectivity index (χ3v) is 12.1. The van der Waals surface area contributed by atoms with Gasteiger partial charge in [-0.05, 0) is 64.3 Å². The van der Waals surface area contributed by atoms with Crippen molar-refractivity contribution in [2.24, 2.45) is 23.7 Å². The maximum absolute atomic E-state index is 12.9. The maximum Gasteiger partial charge on any atom is 0.184 e. The highest BCUT2D eigenvalue weighted by Crippen LogP contribution is 2.49. The summed E-state index contributed by atoms with van der Waals surface area (Å²) >= 11 is 1.59. The third-order valence-electron chi connectivity index (χ3n) is 10.4. The van der Waals surface area contributed by atoms with Gasteiger partial charge in [0, 0.05) is 33.5 Å². The van der Waals surface area contributed by atoms with Gasteiger partial charge in [-0.15, -0.1) is 18.3 Å². The lowest BCUT2D eigenvalue weighted by molar-refractivity contribution is -0.351. The van der Waals surface area contributed by atoms with Gasteiger partial charge >= 0.3 is 0 Å². The van der Waals surface area contributed by atoms with Crippen LogP contribution in [-0.2, 0) is 18.9 Å². The number of hydrogen-bond donors (Lipinski definition) is 3. The van der Waals surface area contributed by atoms with E-state index in [9.17, 15) is 15.3 Å². The molecule has 2 heterocycles. The van der Waals surface area contributed by atoms with Gasteiger partial charge in [0.15, 0.2) is 12.1 Å². The van der Waals surface area contributed by atoms with E-state index >= 15 is 0 Å². The second-order valence-electron chi connectivity index (χ2n) is 14.7. The van der Waals surface area contributed by atoms with Crippen molar-refractivity contribution in [3.8, 4) is 5.75 Å². The lowest BCUT2D eigenvalue weighted by atomic mass is 9.72. The number of rotatable bonds is 13. The molecule has 9 heteroatoms. The minimum Gasteiger partial charge on any atom is -0.497 e. The largest absolute Gasteiger partial charge is 0.497 e. The van der Waals surface area contributed by atoms with Crippen LogP contribution in [0.25, 0.3) is 0 Å². The molecule has 2 aliphatic rings. The molecule has 268 valence electrons. The summed E-state index contributed by atoms with van der Waals surface area (Å²) in [5.74, 6) is -1.02. The number of aliphatic hydroxyl groups excluding tert-OH is 1. The van der Waals surface area contributed by atoms with Crippen molar-refractivity contribution in [1.82, 2.24) is 0 Å². The SMILES string of the molecule is C=C[C@H](C)[C@H]1OC(C)(C)O[C@@H]([C@](C)(O)[C@H](Sc2ccccc2)[C@@H](C)[C@@H]2OC(c3ccc(OC)cc3)O[C@@H]([C@](C)(O)[C@H](O)CC)[C@H]2C)[C@H]1C. The van der Waals surface area contributed by atoms with Gasteiger partial charge in [-0.25, -0.2) is 0 Å². The molecule has 3 N–H and O–H groups in total. The first kappa shape index (κ1) is 38.8. The molecule has 48 heavy (non-hydrogen) atoms. The zero-order chi connectivity index (χ0) is 35.6. The van der Waals surface area contributed by atoms with E-state index in [1.54, 1.807) is 25.8 Å². The number of aliphatic hydroxyl groups is 3. The Hall–Kier alpha value is -1.95. The topological polar surface area (TPSA) is 107 Å². The highest BCUT2D eigenvalue weighted by molar-refractivity contribution is 8.00. The van der Waals surface area contributed by atoms with Crippen molar-refractivity contribution < 1.29 is 39.0 Å². The van der Waals surface area contributed by atoms with Gasteiger partial charge in [0.2, 0.25) is 0 Å². The summed E-state index contributed by atoms with van der Waals surface area (Å²) in [6.45, 7) is 21.4. The molecule has 0 saturated carbocycles. The smallest absolute Gasteiger partial charge is 0.184 e. The van der Waals surface area contributed by atoms with E-state index in [1.807, 2.05) is 95.3 Å². The highest BCUT2D eigenvalue weighted by atomic mass is 32.2. The highest BCUT2D eigenvalue weighted by Gasteiger charge is 2.57. The Morgan fingerprint density at radius 3 is 2.08 bits per heavy atom. The van der Waals surface area contributed by atoms with Crippen LogP contribution in [-0.4, -0.2) is 75.2 Å². The van der Waals surface area contributed by atoms with E-state index in [0.29, 0.717) is 12.2 Å². The molecule has 8 nitrogen and oxygen atoms in total. The molecule has 0 aromatic heterocycles. The standard InChI is InChI=1S/C39H58O8S/c1-12-23(3)31-24(4)34(47-37(7,8)46-31)39(10,42)35(48-29-17-15-14-16-18-29)26(6)32-25(5)33(38(9,41)30(40)13-2)45-36(44-32)27-19-21-28(43-11)22-20-27/h12,14-26,30-36,40-42H,1,13H2,2-11H3/t23-,24-,25-,26-,30+,31+,32+,33+,34+,35+,36?,38+,39-/m0/s1. The van der Waals surface area contributed by atoms with Crippen molar-refractivity contribution >= 4 is 11.8 Å². The predicted molar refractivity (Wildman–Crippen MR) is 190 cm³/mol. The normalized spacial score (nSPS) is 32.6. The van der Waals surface area contributed by atoms with Crippen LogP contribution in [0.15, 0.2) is 72.1 Å². The van der Waals surface area contributed by atoms with Crippen LogP contribution in [0, 0.1) is 23.7 Å². The quantitative estimate of drug-likeness (QED) is 0.150. The number of benzene rings is 2. The molecule has 0 aliphatic carbocycles. The molecule has 0 amide bonds. The number of ether oxygens (including phenoxy) is 5. The second kappa shape index (κ2) is 15.5. The fourth-order valence-electron chi connectivity index (χ4n) is 7.68. The predicted octanol–water partition coefficient (Wildman–Crippen LogP) is 7.16. The Balaban J connectivity index is 1.80. The van der Waals surface area contributed by atoms with Crippen molar-refractivity contribution in [1.29, 1.82) is 0 Å². The summed E-state index contributed by atoms with van der Waals surface area (Å²) in [7, 11) is 1.61. The lowest BCUT2D eigenvalue weighted by Crippen LogP contribution is -2.65. The first-order chi connectivity index (χ1) is 22.5. The van der Waals surface area contributed by atoms with Gasteiger partial charge in [-0.3, -0.25) is 0 Å². The minimum atomic E-state index is -1.57. The molecule has 2 fully saturated rings. The van der Waals surface area contributed by atoms with E-state index in [4.69, 9.17) is 23.7 Å². The van der Waals surface area contributed by atoms with E-state index in [2.05, 4.69) is 27.4 Å². The van der Waals surface area contributed by atoms with Crippen molar-refractivity contribution in [2.45, 2.75) is 133 Å². The Labute approximate surface area is 292 Å². The van der Waals surface area contributed by atoms with Gasteiger partial charge in [0.25, 0.3) is 0 Å². The Morgan fingerprint density at radius 2 is 1.52 bits per heavy atom. The molecule has 0 bridgehead atoms. The van der Waals surface area contributed by atoms with E-state index in [0.717, 1.165) is 10.5 Å².